The molecule has 0 saturated carbocycles. The van der Waals surface area contributed by atoms with Crippen LogP contribution in [0.1, 0.15) is 32.1 Å². The zero-order valence-corrected chi connectivity index (χ0v) is 15.5. The van der Waals surface area contributed by atoms with Gasteiger partial charge in [-0.1, -0.05) is 24.6 Å². The fourth-order valence-electron chi connectivity index (χ4n) is 3.72. The van der Waals surface area contributed by atoms with E-state index in [2.05, 4.69) is 20.1 Å². The lowest BCUT2D eigenvalue weighted by Crippen LogP contribution is -2.49. The Morgan fingerprint density at radius 1 is 1.08 bits per heavy atom. The summed E-state index contributed by atoms with van der Waals surface area (Å²) in [5.41, 5.74) is 0. The number of guanidine groups is 1. The van der Waals surface area contributed by atoms with Crippen molar-refractivity contribution in [2.75, 3.05) is 46.3 Å². The molecule has 0 atom stereocenters. The Labute approximate surface area is 152 Å². The summed E-state index contributed by atoms with van der Waals surface area (Å²) in [6.07, 6.45) is 6.49. The Morgan fingerprint density at radius 2 is 1.80 bits per heavy atom. The van der Waals surface area contributed by atoms with Crippen molar-refractivity contribution in [2.24, 2.45) is 4.99 Å². The van der Waals surface area contributed by atoms with Gasteiger partial charge >= 0.3 is 0 Å². The van der Waals surface area contributed by atoms with Crippen molar-refractivity contribution in [2.45, 2.75) is 38.2 Å². The summed E-state index contributed by atoms with van der Waals surface area (Å²) >= 11 is 0. The van der Waals surface area contributed by atoms with Gasteiger partial charge in [0.05, 0.1) is 0 Å². The molecular weight excluding hydrogens is 312 g/mol. The van der Waals surface area contributed by atoms with Gasteiger partial charge in [-0.15, -0.1) is 0 Å². The van der Waals surface area contributed by atoms with Crippen molar-refractivity contribution in [1.29, 1.82) is 0 Å². The van der Waals surface area contributed by atoms with E-state index in [0.29, 0.717) is 6.10 Å². The molecule has 2 heterocycles. The van der Waals surface area contributed by atoms with E-state index in [-0.39, 0.29) is 0 Å². The highest BCUT2D eigenvalue weighted by atomic mass is 16.5. The maximum absolute atomic E-state index is 6.08. The summed E-state index contributed by atoms with van der Waals surface area (Å²) in [6.45, 7) is 6.60. The summed E-state index contributed by atoms with van der Waals surface area (Å²) in [7, 11) is 1.88. The van der Waals surface area contributed by atoms with Gasteiger partial charge in [-0.25, -0.2) is 0 Å². The molecule has 2 aliphatic heterocycles. The van der Waals surface area contributed by atoms with Crippen molar-refractivity contribution in [3.63, 3.8) is 0 Å². The average Bonchev–Trinajstić information content (AvgIpc) is 2.68. The molecule has 2 fully saturated rings. The molecule has 0 bridgehead atoms. The first-order valence-corrected chi connectivity index (χ1v) is 9.75. The lowest BCUT2D eigenvalue weighted by atomic mass is 10.1. The van der Waals surface area contributed by atoms with Gasteiger partial charge in [0.25, 0.3) is 0 Å². The van der Waals surface area contributed by atoms with Gasteiger partial charge in [0, 0.05) is 46.1 Å². The topological polar surface area (TPSA) is 40.1 Å². The molecule has 5 nitrogen and oxygen atoms in total. The van der Waals surface area contributed by atoms with Gasteiger partial charge in [-0.3, -0.25) is 4.99 Å². The van der Waals surface area contributed by atoms with E-state index in [9.17, 15) is 0 Å². The molecule has 1 aromatic carbocycles. The van der Waals surface area contributed by atoms with Gasteiger partial charge in [0.2, 0.25) is 0 Å². The SMILES string of the molecule is CN=C(NCCN1CCCCC1)N1CCC(Oc2ccccc2)CC1. The second-order valence-corrected chi connectivity index (χ2v) is 6.99. The summed E-state index contributed by atoms with van der Waals surface area (Å²) in [5.74, 6) is 2.01. The Kier molecular flexibility index (Phi) is 6.98. The van der Waals surface area contributed by atoms with E-state index in [1.807, 2.05) is 37.4 Å². The number of hydrogen-bond donors (Lipinski definition) is 1. The first kappa shape index (κ1) is 18.1. The molecule has 1 N–H and O–H groups in total. The van der Waals surface area contributed by atoms with Crippen LogP contribution in [0, 0.1) is 0 Å². The summed E-state index contributed by atoms with van der Waals surface area (Å²) < 4.78 is 6.08. The number of piperidine rings is 2. The highest BCUT2D eigenvalue weighted by Gasteiger charge is 2.22. The van der Waals surface area contributed by atoms with Crippen LogP contribution < -0.4 is 10.1 Å². The van der Waals surface area contributed by atoms with E-state index >= 15 is 0 Å². The summed E-state index contributed by atoms with van der Waals surface area (Å²) in [5, 5.41) is 3.54. The first-order chi connectivity index (χ1) is 12.3. The summed E-state index contributed by atoms with van der Waals surface area (Å²) in [6, 6.07) is 10.1. The van der Waals surface area contributed by atoms with E-state index < -0.39 is 0 Å². The molecule has 2 aliphatic rings. The molecule has 0 radical (unpaired) electrons. The normalized spacial score (nSPS) is 20.5. The van der Waals surface area contributed by atoms with Gasteiger partial charge < -0.3 is 19.9 Å². The van der Waals surface area contributed by atoms with Crippen LogP contribution in [0.25, 0.3) is 0 Å². The number of aliphatic imine (C=N–C) groups is 1. The third-order valence-electron chi connectivity index (χ3n) is 5.16. The van der Waals surface area contributed by atoms with Crippen LogP contribution in [-0.4, -0.2) is 68.2 Å². The van der Waals surface area contributed by atoms with Gasteiger partial charge in [0.15, 0.2) is 5.96 Å². The van der Waals surface area contributed by atoms with Crippen molar-refractivity contribution >= 4 is 5.96 Å². The monoisotopic (exact) mass is 344 g/mol. The fourth-order valence-corrected chi connectivity index (χ4v) is 3.72. The Morgan fingerprint density at radius 3 is 2.48 bits per heavy atom. The summed E-state index contributed by atoms with van der Waals surface area (Å²) in [4.78, 5) is 9.40. The van der Waals surface area contributed by atoms with Crippen LogP contribution in [0.2, 0.25) is 0 Å². The van der Waals surface area contributed by atoms with Crippen molar-refractivity contribution in [3.05, 3.63) is 30.3 Å². The standard InChI is InChI=1S/C20H32N4O/c1-21-20(22-12-17-23-13-6-3-7-14-23)24-15-10-19(11-16-24)25-18-8-4-2-5-9-18/h2,4-5,8-9,19H,3,6-7,10-17H2,1H3,(H,21,22). The number of nitrogens with zero attached hydrogens (tertiary/aromatic N) is 3. The molecule has 5 heteroatoms. The molecule has 0 aliphatic carbocycles. The first-order valence-electron chi connectivity index (χ1n) is 9.75. The molecule has 0 amide bonds. The van der Waals surface area contributed by atoms with Crippen LogP contribution in [-0.2, 0) is 0 Å². The van der Waals surface area contributed by atoms with Crippen molar-refractivity contribution in [1.82, 2.24) is 15.1 Å². The molecule has 0 unspecified atom stereocenters. The molecule has 1 aromatic rings. The average molecular weight is 345 g/mol. The molecule has 3 rings (SSSR count). The van der Waals surface area contributed by atoms with Gasteiger partial charge in [-0.05, 0) is 38.1 Å². The number of likely N-dealkylation sites (tertiary alicyclic amines) is 2. The molecule has 25 heavy (non-hydrogen) atoms. The zero-order chi connectivity index (χ0) is 17.3. The maximum Gasteiger partial charge on any atom is 0.193 e. The minimum absolute atomic E-state index is 0.310. The maximum atomic E-state index is 6.08. The largest absolute Gasteiger partial charge is 0.490 e. The van der Waals surface area contributed by atoms with Crippen LogP contribution in [0.3, 0.4) is 0 Å². The lowest BCUT2D eigenvalue weighted by Gasteiger charge is -2.34. The van der Waals surface area contributed by atoms with E-state index in [1.165, 1.54) is 32.4 Å². The van der Waals surface area contributed by atoms with Crippen LogP contribution in [0.15, 0.2) is 35.3 Å². The molecule has 0 aromatic heterocycles. The Hall–Kier alpha value is -1.75. The number of nitrogens with one attached hydrogen (secondary N) is 1. The van der Waals surface area contributed by atoms with E-state index in [1.54, 1.807) is 0 Å². The van der Waals surface area contributed by atoms with Crippen LogP contribution in [0.5, 0.6) is 5.75 Å². The van der Waals surface area contributed by atoms with E-state index in [0.717, 1.165) is 50.7 Å². The van der Waals surface area contributed by atoms with Crippen LogP contribution >= 0.6 is 0 Å². The molecule has 0 spiro atoms. The number of ether oxygens (including phenoxy) is 1. The van der Waals surface area contributed by atoms with Crippen LogP contribution in [0.4, 0.5) is 0 Å². The predicted octanol–water partition coefficient (Wildman–Crippen LogP) is 2.59. The van der Waals surface area contributed by atoms with Crippen molar-refractivity contribution < 1.29 is 4.74 Å². The molecule has 138 valence electrons. The second-order valence-electron chi connectivity index (χ2n) is 6.99. The highest BCUT2D eigenvalue weighted by Crippen LogP contribution is 2.18. The van der Waals surface area contributed by atoms with Crippen molar-refractivity contribution in [3.8, 4) is 5.75 Å². The van der Waals surface area contributed by atoms with E-state index in [4.69, 9.17) is 4.74 Å². The van der Waals surface area contributed by atoms with Gasteiger partial charge in [0.1, 0.15) is 11.9 Å². The molecular formula is C20H32N4O. The lowest BCUT2D eigenvalue weighted by molar-refractivity contribution is 0.129. The minimum atomic E-state index is 0.310. The smallest absolute Gasteiger partial charge is 0.193 e. The number of hydrogen-bond acceptors (Lipinski definition) is 3. The number of benzene rings is 1. The zero-order valence-electron chi connectivity index (χ0n) is 15.5. The third kappa shape index (κ3) is 5.63. The number of rotatable bonds is 5. The quantitative estimate of drug-likeness (QED) is 0.658. The number of para-hydroxylation sites is 1. The Balaban J connectivity index is 1.38. The second kappa shape index (κ2) is 9.66. The van der Waals surface area contributed by atoms with Gasteiger partial charge in [-0.2, -0.15) is 0 Å². The predicted molar refractivity (Wildman–Crippen MR) is 103 cm³/mol. The highest BCUT2D eigenvalue weighted by molar-refractivity contribution is 5.79. The Bertz CT molecular complexity index is 520. The fraction of sp³-hybridized carbons (Fsp3) is 0.650. The minimum Gasteiger partial charge on any atom is -0.490 e. The third-order valence-corrected chi connectivity index (χ3v) is 5.16. The molecule has 2 saturated heterocycles.